The van der Waals surface area contributed by atoms with Crippen LogP contribution in [0, 0.1) is 0 Å². The summed E-state index contributed by atoms with van der Waals surface area (Å²) in [5, 5.41) is 1.37. The Morgan fingerprint density at radius 2 is 1.85 bits per heavy atom. The predicted molar refractivity (Wildman–Crippen MR) is 52.1 cm³/mol. The molecule has 4 heteroatoms. The topological polar surface area (TPSA) is 37.4 Å². The molecular weight excluding hydrogens is 186 g/mol. The number of nitrogens with zero attached hydrogens (tertiary/aromatic N) is 1. The maximum Gasteiger partial charge on any atom is 0.173 e. The van der Waals surface area contributed by atoms with E-state index in [4.69, 9.17) is 0 Å². The molecule has 0 N–H and O–H groups in total. The molecule has 0 saturated carbocycles. The lowest BCUT2D eigenvalue weighted by Gasteiger charge is -2.30. The normalized spacial score (nSPS) is 33.7. The first kappa shape index (κ1) is 9.21. The van der Waals surface area contributed by atoms with Crippen molar-refractivity contribution in [1.29, 1.82) is 0 Å². The first-order valence-electron chi connectivity index (χ1n) is 4.82. The highest BCUT2D eigenvalue weighted by atomic mass is 32.2. The molecule has 0 spiro atoms. The number of rotatable bonds is 1. The van der Waals surface area contributed by atoms with Gasteiger partial charge in [-0.25, -0.2) is 8.42 Å². The molecule has 0 bridgehead atoms. The minimum Gasteiger partial charge on any atom is -0.296 e. The van der Waals surface area contributed by atoms with Gasteiger partial charge < -0.3 is 0 Å². The fourth-order valence-corrected chi connectivity index (χ4v) is 3.37. The standard InChI is InChI=1S/C9H15NO2S/c11-13(12)7-4-9(8-13)10-5-2-1-3-6-10/h4,7,9H,1-3,5-6,8H2/t9-/m0/s1. The number of hydrogen-bond donors (Lipinski definition) is 0. The van der Waals surface area contributed by atoms with E-state index in [2.05, 4.69) is 4.90 Å². The van der Waals surface area contributed by atoms with Crippen molar-refractivity contribution in [3.05, 3.63) is 11.5 Å². The van der Waals surface area contributed by atoms with Crippen LogP contribution in [0.5, 0.6) is 0 Å². The first-order valence-corrected chi connectivity index (χ1v) is 6.54. The average Bonchev–Trinajstić information content (AvgIpc) is 2.48. The highest BCUT2D eigenvalue weighted by Gasteiger charge is 2.27. The first-order chi connectivity index (χ1) is 6.17. The SMILES string of the molecule is O=S1(=O)C=C[C@H](N2CCCCC2)C1. The Morgan fingerprint density at radius 3 is 2.38 bits per heavy atom. The fourth-order valence-electron chi connectivity index (χ4n) is 2.04. The predicted octanol–water partition coefficient (Wildman–Crippen LogP) is 0.783. The van der Waals surface area contributed by atoms with E-state index >= 15 is 0 Å². The van der Waals surface area contributed by atoms with Crippen LogP contribution in [0.1, 0.15) is 19.3 Å². The quantitative estimate of drug-likeness (QED) is 0.629. The molecule has 3 nitrogen and oxygen atoms in total. The highest BCUT2D eigenvalue weighted by molar-refractivity contribution is 7.94. The minimum absolute atomic E-state index is 0.158. The van der Waals surface area contributed by atoms with E-state index < -0.39 is 9.84 Å². The average molecular weight is 201 g/mol. The molecule has 2 heterocycles. The van der Waals surface area contributed by atoms with E-state index in [1.807, 2.05) is 6.08 Å². The van der Waals surface area contributed by atoms with Crippen molar-refractivity contribution in [3.8, 4) is 0 Å². The summed E-state index contributed by atoms with van der Waals surface area (Å²) in [5.74, 6) is 0.299. The number of piperidine rings is 1. The molecule has 2 rings (SSSR count). The van der Waals surface area contributed by atoms with E-state index in [-0.39, 0.29) is 6.04 Å². The summed E-state index contributed by atoms with van der Waals surface area (Å²) in [6, 6.07) is 0.158. The summed E-state index contributed by atoms with van der Waals surface area (Å²) in [7, 11) is -2.87. The molecule has 0 aromatic heterocycles. The van der Waals surface area contributed by atoms with Gasteiger partial charge in [0.2, 0.25) is 0 Å². The lowest BCUT2D eigenvalue weighted by Crippen LogP contribution is -2.39. The van der Waals surface area contributed by atoms with Gasteiger partial charge in [0.1, 0.15) is 0 Å². The van der Waals surface area contributed by atoms with Crippen LogP contribution in [-0.2, 0) is 9.84 Å². The van der Waals surface area contributed by atoms with E-state index in [9.17, 15) is 8.42 Å². The summed E-state index contributed by atoms with van der Waals surface area (Å²) in [6.45, 7) is 2.12. The molecule has 1 saturated heterocycles. The number of sulfone groups is 1. The van der Waals surface area contributed by atoms with Crippen molar-refractivity contribution < 1.29 is 8.42 Å². The summed E-state index contributed by atoms with van der Waals surface area (Å²) < 4.78 is 22.3. The molecule has 0 unspecified atom stereocenters. The van der Waals surface area contributed by atoms with Crippen LogP contribution < -0.4 is 0 Å². The van der Waals surface area contributed by atoms with Crippen molar-refractivity contribution in [2.75, 3.05) is 18.8 Å². The van der Waals surface area contributed by atoms with Crippen LogP contribution in [0.15, 0.2) is 11.5 Å². The molecule has 0 aliphatic carbocycles. The van der Waals surface area contributed by atoms with Crippen molar-refractivity contribution in [3.63, 3.8) is 0 Å². The van der Waals surface area contributed by atoms with E-state index in [1.54, 1.807) is 0 Å². The second kappa shape index (κ2) is 3.42. The molecule has 2 aliphatic rings. The van der Waals surface area contributed by atoms with Gasteiger partial charge in [-0.15, -0.1) is 0 Å². The zero-order valence-electron chi connectivity index (χ0n) is 7.65. The third-order valence-corrected chi connectivity index (χ3v) is 4.15. The van der Waals surface area contributed by atoms with Gasteiger partial charge in [0.15, 0.2) is 9.84 Å². The van der Waals surface area contributed by atoms with Gasteiger partial charge in [0.25, 0.3) is 0 Å². The van der Waals surface area contributed by atoms with Gasteiger partial charge in [-0.05, 0) is 25.9 Å². The maximum atomic E-state index is 11.2. The summed E-state index contributed by atoms with van der Waals surface area (Å²) >= 11 is 0. The van der Waals surface area contributed by atoms with Crippen LogP contribution in [0.4, 0.5) is 0 Å². The molecule has 0 aromatic carbocycles. The lowest BCUT2D eigenvalue weighted by molar-refractivity contribution is 0.204. The molecule has 74 valence electrons. The third kappa shape index (κ3) is 2.11. The molecular formula is C9H15NO2S. The second-order valence-corrected chi connectivity index (χ2v) is 5.75. The van der Waals surface area contributed by atoms with Crippen LogP contribution >= 0.6 is 0 Å². The largest absolute Gasteiger partial charge is 0.296 e. The highest BCUT2D eigenvalue weighted by Crippen LogP contribution is 2.18. The zero-order chi connectivity index (χ0) is 9.31. The van der Waals surface area contributed by atoms with Crippen molar-refractivity contribution in [2.24, 2.45) is 0 Å². The Morgan fingerprint density at radius 1 is 1.15 bits per heavy atom. The van der Waals surface area contributed by atoms with Crippen LogP contribution in [0.2, 0.25) is 0 Å². The van der Waals surface area contributed by atoms with Crippen LogP contribution in [0.25, 0.3) is 0 Å². The Kier molecular flexibility index (Phi) is 2.43. The van der Waals surface area contributed by atoms with Gasteiger partial charge >= 0.3 is 0 Å². The van der Waals surface area contributed by atoms with E-state index in [0.717, 1.165) is 13.1 Å². The summed E-state index contributed by atoms with van der Waals surface area (Å²) in [5.41, 5.74) is 0. The number of likely N-dealkylation sites (tertiary alicyclic amines) is 1. The molecule has 0 radical (unpaired) electrons. The molecule has 2 aliphatic heterocycles. The number of hydrogen-bond acceptors (Lipinski definition) is 3. The van der Waals surface area contributed by atoms with Gasteiger partial charge in [-0.1, -0.05) is 12.5 Å². The fraction of sp³-hybridized carbons (Fsp3) is 0.778. The van der Waals surface area contributed by atoms with Gasteiger partial charge in [0.05, 0.1) is 5.75 Å². The Bertz CT molecular complexity index is 302. The Balaban J connectivity index is 1.99. The van der Waals surface area contributed by atoms with Crippen molar-refractivity contribution in [2.45, 2.75) is 25.3 Å². The Labute approximate surface area is 79.3 Å². The lowest BCUT2D eigenvalue weighted by atomic mass is 10.1. The van der Waals surface area contributed by atoms with Crippen LogP contribution in [-0.4, -0.2) is 38.2 Å². The van der Waals surface area contributed by atoms with Crippen LogP contribution in [0.3, 0.4) is 0 Å². The molecule has 0 aromatic rings. The summed E-state index contributed by atoms with van der Waals surface area (Å²) in [6.07, 6.45) is 5.55. The van der Waals surface area contributed by atoms with Crippen molar-refractivity contribution in [1.82, 2.24) is 4.90 Å². The van der Waals surface area contributed by atoms with Crippen molar-refractivity contribution >= 4 is 9.84 Å². The van der Waals surface area contributed by atoms with Gasteiger partial charge in [-0.3, -0.25) is 4.90 Å². The second-order valence-electron chi connectivity index (χ2n) is 3.82. The smallest absolute Gasteiger partial charge is 0.173 e. The molecule has 1 atom stereocenters. The molecule has 13 heavy (non-hydrogen) atoms. The Hall–Kier alpha value is -0.350. The third-order valence-electron chi connectivity index (χ3n) is 2.77. The van der Waals surface area contributed by atoms with Gasteiger partial charge in [-0.2, -0.15) is 0 Å². The minimum atomic E-state index is -2.87. The molecule has 1 fully saturated rings. The van der Waals surface area contributed by atoms with Gasteiger partial charge in [0, 0.05) is 11.4 Å². The van der Waals surface area contributed by atoms with E-state index in [1.165, 1.54) is 24.7 Å². The summed E-state index contributed by atoms with van der Waals surface area (Å²) in [4.78, 5) is 2.28. The molecule has 0 amide bonds. The monoisotopic (exact) mass is 201 g/mol. The zero-order valence-corrected chi connectivity index (χ0v) is 8.46. The van der Waals surface area contributed by atoms with E-state index in [0.29, 0.717) is 5.75 Å². The maximum absolute atomic E-state index is 11.2.